The lowest BCUT2D eigenvalue weighted by Crippen LogP contribution is -2.24. The van der Waals surface area contributed by atoms with Crippen LogP contribution in [0.1, 0.15) is 35.6 Å². The molecule has 0 bridgehead atoms. The molecule has 92 valence electrons. The fourth-order valence-corrected chi connectivity index (χ4v) is 2.71. The molecule has 1 aliphatic carbocycles. The topological polar surface area (TPSA) is 24.9 Å². The molecule has 0 saturated heterocycles. The molecule has 1 aliphatic rings. The standard InChI is InChI=1S/C16H18N2/c1-2-6-15-14(4-1)5-3-7-16(15)18-12-13-8-10-17-11-9-13/h1-2,4,6,8-11,16,18H,3,5,7,12H2. The van der Waals surface area contributed by atoms with Crippen molar-refractivity contribution < 1.29 is 0 Å². The Morgan fingerprint density at radius 2 is 1.94 bits per heavy atom. The van der Waals surface area contributed by atoms with Gasteiger partial charge in [0, 0.05) is 25.0 Å². The predicted octanol–water partition coefficient (Wildman–Crippen LogP) is 3.25. The molecular weight excluding hydrogens is 220 g/mol. The van der Waals surface area contributed by atoms with Crippen LogP contribution in [0.4, 0.5) is 0 Å². The zero-order chi connectivity index (χ0) is 12.2. The lowest BCUT2D eigenvalue weighted by Gasteiger charge is -2.26. The van der Waals surface area contributed by atoms with E-state index in [0.29, 0.717) is 6.04 Å². The first-order valence-electron chi connectivity index (χ1n) is 6.63. The normalized spacial score (nSPS) is 18.3. The van der Waals surface area contributed by atoms with Gasteiger partial charge in [-0.25, -0.2) is 0 Å². The first-order chi connectivity index (χ1) is 8.93. The van der Waals surface area contributed by atoms with E-state index in [1.165, 1.54) is 36.0 Å². The van der Waals surface area contributed by atoms with E-state index in [-0.39, 0.29) is 0 Å². The van der Waals surface area contributed by atoms with Crippen LogP contribution in [0.15, 0.2) is 48.8 Å². The van der Waals surface area contributed by atoms with Crippen molar-refractivity contribution in [3.05, 3.63) is 65.5 Å². The second-order valence-corrected chi connectivity index (χ2v) is 4.88. The molecule has 18 heavy (non-hydrogen) atoms. The highest BCUT2D eigenvalue weighted by molar-refractivity contribution is 5.32. The Hall–Kier alpha value is -1.67. The molecule has 1 N–H and O–H groups in total. The number of pyridine rings is 1. The Morgan fingerprint density at radius 3 is 2.83 bits per heavy atom. The molecular formula is C16H18N2. The summed E-state index contributed by atoms with van der Waals surface area (Å²) in [7, 11) is 0. The van der Waals surface area contributed by atoms with E-state index in [9.17, 15) is 0 Å². The molecule has 0 aliphatic heterocycles. The Labute approximate surface area is 108 Å². The van der Waals surface area contributed by atoms with E-state index in [1.807, 2.05) is 12.4 Å². The maximum Gasteiger partial charge on any atom is 0.0326 e. The van der Waals surface area contributed by atoms with Gasteiger partial charge in [0.25, 0.3) is 0 Å². The molecule has 3 rings (SSSR count). The Kier molecular flexibility index (Phi) is 3.37. The van der Waals surface area contributed by atoms with Gasteiger partial charge < -0.3 is 5.32 Å². The van der Waals surface area contributed by atoms with E-state index in [0.717, 1.165) is 6.54 Å². The van der Waals surface area contributed by atoms with Gasteiger partial charge in [-0.2, -0.15) is 0 Å². The number of nitrogens with one attached hydrogen (secondary N) is 1. The molecule has 2 aromatic rings. The minimum atomic E-state index is 0.503. The first kappa shape index (κ1) is 11.4. The van der Waals surface area contributed by atoms with Crippen LogP contribution in [0.2, 0.25) is 0 Å². The summed E-state index contributed by atoms with van der Waals surface area (Å²) in [5.74, 6) is 0. The predicted molar refractivity (Wildman–Crippen MR) is 73.2 cm³/mol. The SMILES string of the molecule is c1ccc2c(c1)CCCC2NCc1ccncc1. The van der Waals surface area contributed by atoms with Crippen molar-refractivity contribution in [2.24, 2.45) is 0 Å². The van der Waals surface area contributed by atoms with Gasteiger partial charge in [0.15, 0.2) is 0 Å². The second-order valence-electron chi connectivity index (χ2n) is 4.88. The van der Waals surface area contributed by atoms with Crippen molar-refractivity contribution in [1.82, 2.24) is 10.3 Å². The van der Waals surface area contributed by atoms with Crippen LogP contribution < -0.4 is 5.32 Å². The second kappa shape index (κ2) is 5.32. The number of fused-ring (bicyclic) bond motifs is 1. The van der Waals surface area contributed by atoms with Gasteiger partial charge in [-0.3, -0.25) is 4.98 Å². The van der Waals surface area contributed by atoms with Crippen LogP contribution in [0, 0.1) is 0 Å². The third-order valence-electron chi connectivity index (χ3n) is 3.67. The summed E-state index contributed by atoms with van der Waals surface area (Å²) in [5, 5.41) is 3.67. The summed E-state index contributed by atoms with van der Waals surface area (Å²) in [6.07, 6.45) is 7.45. The third-order valence-corrected chi connectivity index (χ3v) is 3.67. The van der Waals surface area contributed by atoms with Crippen molar-refractivity contribution in [3.63, 3.8) is 0 Å². The van der Waals surface area contributed by atoms with Gasteiger partial charge in [-0.05, 0) is 48.1 Å². The van der Waals surface area contributed by atoms with Crippen LogP contribution in [0.5, 0.6) is 0 Å². The van der Waals surface area contributed by atoms with E-state index < -0.39 is 0 Å². The number of hydrogen-bond donors (Lipinski definition) is 1. The van der Waals surface area contributed by atoms with Gasteiger partial charge in [-0.15, -0.1) is 0 Å². The van der Waals surface area contributed by atoms with Gasteiger partial charge >= 0.3 is 0 Å². The van der Waals surface area contributed by atoms with E-state index >= 15 is 0 Å². The number of rotatable bonds is 3. The molecule has 2 nitrogen and oxygen atoms in total. The third kappa shape index (κ3) is 2.44. The number of benzene rings is 1. The van der Waals surface area contributed by atoms with Crippen LogP contribution in [-0.2, 0) is 13.0 Å². The monoisotopic (exact) mass is 238 g/mol. The molecule has 0 amide bonds. The van der Waals surface area contributed by atoms with E-state index in [4.69, 9.17) is 0 Å². The highest BCUT2D eigenvalue weighted by atomic mass is 14.9. The van der Waals surface area contributed by atoms with Gasteiger partial charge in [-0.1, -0.05) is 24.3 Å². The summed E-state index contributed by atoms with van der Waals surface area (Å²) < 4.78 is 0. The fourth-order valence-electron chi connectivity index (χ4n) is 2.71. The molecule has 2 heteroatoms. The summed E-state index contributed by atoms with van der Waals surface area (Å²) in [4.78, 5) is 4.05. The summed E-state index contributed by atoms with van der Waals surface area (Å²) in [5.41, 5.74) is 4.29. The molecule has 0 radical (unpaired) electrons. The van der Waals surface area contributed by atoms with Crippen LogP contribution in [0.3, 0.4) is 0 Å². The van der Waals surface area contributed by atoms with Crippen molar-refractivity contribution in [1.29, 1.82) is 0 Å². The zero-order valence-corrected chi connectivity index (χ0v) is 10.5. The largest absolute Gasteiger partial charge is 0.306 e. The zero-order valence-electron chi connectivity index (χ0n) is 10.5. The van der Waals surface area contributed by atoms with Crippen molar-refractivity contribution >= 4 is 0 Å². The molecule has 0 fully saturated rings. The minimum absolute atomic E-state index is 0.503. The number of nitrogens with zero attached hydrogens (tertiary/aromatic N) is 1. The Balaban J connectivity index is 1.71. The number of aromatic nitrogens is 1. The summed E-state index contributed by atoms with van der Waals surface area (Å²) in [6.45, 7) is 0.918. The van der Waals surface area contributed by atoms with E-state index in [2.05, 4.69) is 46.7 Å². The van der Waals surface area contributed by atoms with Crippen LogP contribution in [0.25, 0.3) is 0 Å². The highest BCUT2D eigenvalue weighted by Gasteiger charge is 2.18. The average molecular weight is 238 g/mol. The smallest absolute Gasteiger partial charge is 0.0326 e. The molecule has 1 heterocycles. The maximum absolute atomic E-state index is 4.05. The van der Waals surface area contributed by atoms with Crippen LogP contribution in [-0.4, -0.2) is 4.98 Å². The summed E-state index contributed by atoms with van der Waals surface area (Å²) in [6, 6.07) is 13.5. The van der Waals surface area contributed by atoms with Gasteiger partial charge in [0.1, 0.15) is 0 Å². The molecule has 1 aromatic heterocycles. The lowest BCUT2D eigenvalue weighted by molar-refractivity contribution is 0.459. The van der Waals surface area contributed by atoms with Crippen molar-refractivity contribution in [2.45, 2.75) is 31.8 Å². The average Bonchev–Trinajstić information content (AvgIpc) is 2.46. The van der Waals surface area contributed by atoms with Crippen molar-refractivity contribution in [2.75, 3.05) is 0 Å². The number of aryl methyl sites for hydroxylation is 1. The van der Waals surface area contributed by atoms with E-state index in [1.54, 1.807) is 0 Å². The van der Waals surface area contributed by atoms with Crippen molar-refractivity contribution in [3.8, 4) is 0 Å². The molecule has 0 saturated carbocycles. The lowest BCUT2D eigenvalue weighted by atomic mass is 9.87. The maximum atomic E-state index is 4.05. The molecule has 1 aromatic carbocycles. The molecule has 1 unspecified atom stereocenters. The quantitative estimate of drug-likeness (QED) is 0.888. The first-order valence-corrected chi connectivity index (χ1v) is 6.63. The minimum Gasteiger partial charge on any atom is -0.306 e. The molecule has 1 atom stereocenters. The number of hydrogen-bond acceptors (Lipinski definition) is 2. The Bertz CT molecular complexity index is 508. The molecule has 0 spiro atoms. The summed E-state index contributed by atoms with van der Waals surface area (Å²) >= 11 is 0. The Morgan fingerprint density at radius 1 is 1.11 bits per heavy atom. The fraction of sp³-hybridized carbons (Fsp3) is 0.312. The van der Waals surface area contributed by atoms with Gasteiger partial charge in [0.2, 0.25) is 0 Å². The van der Waals surface area contributed by atoms with Gasteiger partial charge in [0.05, 0.1) is 0 Å². The highest BCUT2D eigenvalue weighted by Crippen LogP contribution is 2.29. The van der Waals surface area contributed by atoms with Crippen LogP contribution >= 0.6 is 0 Å².